The first kappa shape index (κ1) is 26.6. The van der Waals surface area contributed by atoms with Gasteiger partial charge >= 0.3 is 0 Å². The molecule has 0 bridgehead atoms. The van der Waals surface area contributed by atoms with E-state index in [0.29, 0.717) is 34.6 Å². The number of nitrogens with one attached hydrogen (secondary N) is 3. The number of amides is 3. The zero-order chi connectivity index (χ0) is 26.1. The standard InChI is InChI=1S/C29H34N4O3/c1-5-33(6-2)18-17-30-27(34)25-16-15-22(31-28(35)23-13-9-7-11-20(23)3)19-26(25)32-29(36)24-14-10-8-12-21(24)4/h7-16,19H,5-6,17-18H2,1-4H3,(H,30,34)(H,31,35)(H,32,36). The highest BCUT2D eigenvalue weighted by atomic mass is 16.2. The van der Waals surface area contributed by atoms with Gasteiger partial charge in [-0.1, -0.05) is 50.2 Å². The summed E-state index contributed by atoms with van der Waals surface area (Å²) >= 11 is 0. The first-order valence-electron chi connectivity index (χ1n) is 12.2. The van der Waals surface area contributed by atoms with Crippen LogP contribution in [0.5, 0.6) is 0 Å². The van der Waals surface area contributed by atoms with Gasteiger partial charge in [0.2, 0.25) is 0 Å². The van der Waals surface area contributed by atoms with Crippen molar-refractivity contribution < 1.29 is 14.4 Å². The van der Waals surface area contributed by atoms with Gasteiger partial charge in [-0.2, -0.15) is 0 Å². The molecule has 0 saturated carbocycles. The molecule has 0 aliphatic heterocycles. The van der Waals surface area contributed by atoms with Crippen molar-refractivity contribution in [3.8, 4) is 0 Å². The molecule has 0 saturated heterocycles. The van der Waals surface area contributed by atoms with Crippen LogP contribution in [0.25, 0.3) is 0 Å². The second-order valence-electron chi connectivity index (χ2n) is 8.58. The van der Waals surface area contributed by atoms with Crippen LogP contribution in [0.2, 0.25) is 0 Å². The van der Waals surface area contributed by atoms with Crippen LogP contribution in [0, 0.1) is 13.8 Å². The van der Waals surface area contributed by atoms with Crippen molar-refractivity contribution in [3.63, 3.8) is 0 Å². The molecule has 3 amide bonds. The van der Waals surface area contributed by atoms with Crippen molar-refractivity contribution in [2.45, 2.75) is 27.7 Å². The molecular formula is C29H34N4O3. The molecule has 3 N–H and O–H groups in total. The van der Waals surface area contributed by atoms with E-state index in [9.17, 15) is 14.4 Å². The fraction of sp³-hybridized carbons (Fsp3) is 0.276. The lowest BCUT2D eigenvalue weighted by Crippen LogP contribution is -2.35. The summed E-state index contributed by atoms with van der Waals surface area (Å²) in [4.78, 5) is 41.1. The number of carbonyl (C=O) groups is 3. The smallest absolute Gasteiger partial charge is 0.255 e. The minimum Gasteiger partial charge on any atom is -0.351 e. The van der Waals surface area contributed by atoms with E-state index in [0.717, 1.165) is 30.8 Å². The normalized spacial score (nSPS) is 10.7. The van der Waals surface area contributed by atoms with Gasteiger partial charge in [0.1, 0.15) is 0 Å². The Labute approximate surface area is 212 Å². The van der Waals surface area contributed by atoms with E-state index in [1.54, 1.807) is 42.5 Å². The summed E-state index contributed by atoms with van der Waals surface area (Å²) in [6.07, 6.45) is 0. The van der Waals surface area contributed by atoms with Gasteiger partial charge in [0.25, 0.3) is 17.7 Å². The molecule has 188 valence electrons. The SMILES string of the molecule is CCN(CC)CCNC(=O)c1ccc(NC(=O)c2ccccc2C)cc1NC(=O)c1ccccc1C. The predicted octanol–water partition coefficient (Wildman–Crippen LogP) is 4.88. The third-order valence-electron chi connectivity index (χ3n) is 6.16. The fourth-order valence-electron chi connectivity index (χ4n) is 3.93. The Morgan fingerprint density at radius 3 is 1.81 bits per heavy atom. The zero-order valence-corrected chi connectivity index (χ0v) is 21.4. The van der Waals surface area contributed by atoms with Crippen molar-refractivity contribution in [2.75, 3.05) is 36.8 Å². The van der Waals surface area contributed by atoms with E-state index in [4.69, 9.17) is 0 Å². The molecule has 0 aliphatic rings. The number of carbonyl (C=O) groups excluding carboxylic acids is 3. The molecule has 3 aromatic rings. The Kier molecular flexibility index (Phi) is 9.36. The quantitative estimate of drug-likeness (QED) is 0.381. The first-order valence-corrected chi connectivity index (χ1v) is 12.2. The lowest BCUT2D eigenvalue weighted by Gasteiger charge is -2.19. The van der Waals surface area contributed by atoms with Crippen LogP contribution in [-0.4, -0.2) is 48.8 Å². The molecule has 0 aromatic heterocycles. The minimum atomic E-state index is -0.326. The molecular weight excluding hydrogens is 452 g/mol. The van der Waals surface area contributed by atoms with Crippen molar-refractivity contribution in [2.24, 2.45) is 0 Å². The van der Waals surface area contributed by atoms with Crippen LogP contribution in [0.4, 0.5) is 11.4 Å². The number of likely N-dealkylation sites (N-methyl/N-ethyl adjacent to an activating group) is 1. The Bertz CT molecular complexity index is 1230. The average Bonchev–Trinajstić information content (AvgIpc) is 2.87. The largest absolute Gasteiger partial charge is 0.351 e. The van der Waals surface area contributed by atoms with Gasteiger partial charge in [0.15, 0.2) is 0 Å². The van der Waals surface area contributed by atoms with Gasteiger partial charge < -0.3 is 20.9 Å². The van der Waals surface area contributed by atoms with Crippen LogP contribution in [0.1, 0.15) is 56.0 Å². The van der Waals surface area contributed by atoms with E-state index in [1.165, 1.54) is 0 Å². The highest BCUT2D eigenvalue weighted by Gasteiger charge is 2.18. The molecule has 0 aliphatic carbocycles. The molecule has 0 spiro atoms. The maximum atomic E-state index is 13.1. The van der Waals surface area contributed by atoms with Gasteiger partial charge in [-0.05, 0) is 68.4 Å². The highest BCUT2D eigenvalue weighted by Crippen LogP contribution is 2.23. The molecule has 7 heteroatoms. The molecule has 3 rings (SSSR count). The number of benzene rings is 3. The minimum absolute atomic E-state index is 0.263. The summed E-state index contributed by atoms with van der Waals surface area (Å²) in [5, 5.41) is 8.69. The van der Waals surface area contributed by atoms with Crippen molar-refractivity contribution in [3.05, 3.63) is 94.5 Å². The number of rotatable bonds is 10. The zero-order valence-electron chi connectivity index (χ0n) is 21.4. The second kappa shape index (κ2) is 12.7. The monoisotopic (exact) mass is 486 g/mol. The highest BCUT2D eigenvalue weighted by molar-refractivity contribution is 6.11. The molecule has 0 unspecified atom stereocenters. The molecule has 36 heavy (non-hydrogen) atoms. The van der Waals surface area contributed by atoms with Crippen molar-refractivity contribution in [1.82, 2.24) is 10.2 Å². The van der Waals surface area contributed by atoms with Gasteiger partial charge in [0.05, 0.1) is 11.3 Å². The van der Waals surface area contributed by atoms with Crippen molar-refractivity contribution in [1.29, 1.82) is 0 Å². The molecule has 0 fully saturated rings. The predicted molar refractivity (Wildman–Crippen MR) is 145 cm³/mol. The Morgan fingerprint density at radius 2 is 1.25 bits per heavy atom. The van der Waals surface area contributed by atoms with E-state index in [-0.39, 0.29) is 17.7 Å². The summed E-state index contributed by atoms with van der Waals surface area (Å²) in [6, 6.07) is 19.5. The third kappa shape index (κ3) is 6.79. The van der Waals surface area contributed by atoms with Crippen LogP contribution in [0.15, 0.2) is 66.7 Å². The van der Waals surface area contributed by atoms with Crippen LogP contribution < -0.4 is 16.0 Å². The van der Waals surface area contributed by atoms with Crippen molar-refractivity contribution >= 4 is 29.1 Å². The molecule has 3 aromatic carbocycles. The maximum absolute atomic E-state index is 13.1. The van der Waals surface area contributed by atoms with Gasteiger partial charge in [-0.25, -0.2) is 0 Å². The van der Waals surface area contributed by atoms with E-state index >= 15 is 0 Å². The summed E-state index contributed by atoms with van der Waals surface area (Å²) in [6.45, 7) is 10.9. The van der Waals surface area contributed by atoms with Gasteiger partial charge in [-0.15, -0.1) is 0 Å². The van der Waals surface area contributed by atoms with Gasteiger partial charge in [0, 0.05) is 29.9 Å². The number of hydrogen-bond donors (Lipinski definition) is 3. The van der Waals surface area contributed by atoms with E-state index in [1.807, 2.05) is 38.1 Å². The molecule has 0 radical (unpaired) electrons. The lowest BCUT2D eigenvalue weighted by molar-refractivity contribution is 0.0949. The molecule has 7 nitrogen and oxygen atoms in total. The topological polar surface area (TPSA) is 90.5 Å². The number of hydrogen-bond acceptors (Lipinski definition) is 4. The number of nitrogens with zero attached hydrogens (tertiary/aromatic N) is 1. The van der Waals surface area contributed by atoms with Crippen LogP contribution in [0.3, 0.4) is 0 Å². The Balaban J connectivity index is 1.86. The summed E-state index contributed by atoms with van der Waals surface area (Å²) in [7, 11) is 0. The summed E-state index contributed by atoms with van der Waals surface area (Å²) in [5.41, 5.74) is 3.87. The van der Waals surface area contributed by atoms with Gasteiger partial charge in [-0.3, -0.25) is 14.4 Å². The molecule has 0 heterocycles. The average molecular weight is 487 g/mol. The van der Waals surface area contributed by atoms with Crippen LogP contribution in [-0.2, 0) is 0 Å². The fourth-order valence-corrected chi connectivity index (χ4v) is 3.93. The Morgan fingerprint density at radius 1 is 0.694 bits per heavy atom. The van der Waals surface area contributed by atoms with E-state index in [2.05, 4.69) is 34.7 Å². The second-order valence-corrected chi connectivity index (χ2v) is 8.58. The van der Waals surface area contributed by atoms with Crippen LogP contribution >= 0.6 is 0 Å². The summed E-state index contributed by atoms with van der Waals surface area (Å²) < 4.78 is 0. The van der Waals surface area contributed by atoms with E-state index < -0.39 is 0 Å². The molecule has 0 atom stereocenters. The Hall–Kier alpha value is -3.97. The summed E-state index contributed by atoms with van der Waals surface area (Å²) in [5.74, 6) is -0.882. The first-order chi connectivity index (χ1) is 17.3. The maximum Gasteiger partial charge on any atom is 0.255 e. The number of anilines is 2. The third-order valence-corrected chi connectivity index (χ3v) is 6.16. The number of aryl methyl sites for hydroxylation is 2. The lowest BCUT2D eigenvalue weighted by atomic mass is 10.1.